The molecule has 2 aromatic rings. The van der Waals surface area contributed by atoms with Gasteiger partial charge in [0.25, 0.3) is 0 Å². The zero-order valence-corrected chi connectivity index (χ0v) is 12.4. The first-order valence-electron chi connectivity index (χ1n) is 6.00. The van der Waals surface area contributed by atoms with Gasteiger partial charge in [-0.1, -0.05) is 19.1 Å². The predicted molar refractivity (Wildman–Crippen MR) is 77.9 cm³/mol. The van der Waals surface area contributed by atoms with Crippen LogP contribution in [0, 0.1) is 6.92 Å². The van der Waals surface area contributed by atoms with Gasteiger partial charge in [-0.2, -0.15) is 5.10 Å². The molecule has 0 atom stereocenters. The van der Waals surface area contributed by atoms with Gasteiger partial charge in [0.05, 0.1) is 10.7 Å². The highest BCUT2D eigenvalue weighted by Gasteiger charge is 2.04. The van der Waals surface area contributed by atoms with E-state index in [1.165, 1.54) is 10.8 Å². The van der Waals surface area contributed by atoms with Gasteiger partial charge in [-0.05, 0) is 47.0 Å². The normalized spacial score (nSPS) is 13.3. The Bertz CT molecular complexity index is 671. The van der Waals surface area contributed by atoms with Crippen LogP contribution in [0.15, 0.2) is 23.1 Å². The van der Waals surface area contributed by atoms with E-state index in [4.69, 9.17) is 0 Å². The van der Waals surface area contributed by atoms with Crippen molar-refractivity contribution in [1.82, 2.24) is 14.8 Å². The number of halogens is 1. The van der Waals surface area contributed by atoms with Crippen LogP contribution in [-0.2, 0) is 0 Å². The maximum absolute atomic E-state index is 4.52. The van der Waals surface area contributed by atoms with Crippen molar-refractivity contribution in [3.63, 3.8) is 0 Å². The van der Waals surface area contributed by atoms with Gasteiger partial charge in [0.2, 0.25) is 0 Å². The van der Waals surface area contributed by atoms with Crippen LogP contribution in [0.1, 0.15) is 25.8 Å². The van der Waals surface area contributed by atoms with Crippen LogP contribution in [0.25, 0.3) is 18.0 Å². The van der Waals surface area contributed by atoms with E-state index in [9.17, 15) is 0 Å². The van der Waals surface area contributed by atoms with Crippen molar-refractivity contribution < 1.29 is 0 Å². The summed E-state index contributed by atoms with van der Waals surface area (Å²) < 4.78 is 2.76. The molecule has 0 aliphatic heterocycles. The Balaban J connectivity index is 2.81. The van der Waals surface area contributed by atoms with Gasteiger partial charge in [-0.15, -0.1) is 0 Å². The topological polar surface area (TPSA) is 30.7 Å². The molecule has 2 aromatic heterocycles. The molecule has 2 rings (SSSR count). The van der Waals surface area contributed by atoms with Crippen molar-refractivity contribution >= 4 is 28.1 Å². The minimum atomic E-state index is 0.876. The number of hydrogen-bond donors (Lipinski definition) is 0. The Morgan fingerprint density at radius 1 is 1.33 bits per heavy atom. The minimum Gasteiger partial charge on any atom is -0.236 e. The van der Waals surface area contributed by atoms with E-state index in [0.29, 0.717) is 0 Å². The summed E-state index contributed by atoms with van der Waals surface area (Å²) >= 11 is 3.41. The Kier molecular flexibility index (Phi) is 3.97. The molecule has 0 unspecified atom stereocenters. The third-order valence-electron chi connectivity index (χ3n) is 2.80. The SMILES string of the molecule is C/C=c1/c(C)cnc(-n2cc(Br)cn2)/c1=C/CC. The Morgan fingerprint density at radius 3 is 2.67 bits per heavy atom. The molecule has 0 spiro atoms. The largest absolute Gasteiger partial charge is 0.236 e. The van der Waals surface area contributed by atoms with E-state index in [-0.39, 0.29) is 0 Å². The molecule has 0 N–H and O–H groups in total. The number of rotatable bonds is 2. The lowest BCUT2D eigenvalue weighted by atomic mass is 10.1. The Labute approximate surface area is 115 Å². The second-order valence-electron chi connectivity index (χ2n) is 4.10. The van der Waals surface area contributed by atoms with Gasteiger partial charge in [0.1, 0.15) is 0 Å². The highest BCUT2D eigenvalue weighted by Crippen LogP contribution is 2.08. The molecule has 0 saturated carbocycles. The first kappa shape index (κ1) is 13.0. The van der Waals surface area contributed by atoms with E-state index in [0.717, 1.165) is 21.9 Å². The Morgan fingerprint density at radius 2 is 2.11 bits per heavy atom. The molecule has 94 valence electrons. The Hall–Kier alpha value is -1.42. The van der Waals surface area contributed by atoms with Crippen LogP contribution >= 0.6 is 15.9 Å². The van der Waals surface area contributed by atoms with E-state index in [1.807, 2.05) is 12.4 Å². The maximum atomic E-state index is 4.52. The fourth-order valence-corrected chi connectivity index (χ4v) is 2.30. The number of hydrogen-bond acceptors (Lipinski definition) is 2. The maximum Gasteiger partial charge on any atom is 0.160 e. The van der Waals surface area contributed by atoms with Crippen molar-refractivity contribution in [2.45, 2.75) is 27.2 Å². The molecule has 0 fully saturated rings. The lowest BCUT2D eigenvalue weighted by Crippen LogP contribution is -2.32. The van der Waals surface area contributed by atoms with E-state index < -0.39 is 0 Å². The van der Waals surface area contributed by atoms with Crippen LogP contribution in [0.3, 0.4) is 0 Å². The molecule has 0 radical (unpaired) electrons. The monoisotopic (exact) mass is 305 g/mol. The average molecular weight is 306 g/mol. The van der Waals surface area contributed by atoms with Crippen molar-refractivity contribution in [3.05, 3.63) is 39.1 Å². The summed E-state index contributed by atoms with van der Waals surface area (Å²) in [6, 6.07) is 0. The van der Waals surface area contributed by atoms with Crippen molar-refractivity contribution in [2.75, 3.05) is 0 Å². The second-order valence-corrected chi connectivity index (χ2v) is 5.01. The molecule has 0 bridgehead atoms. The summed E-state index contributed by atoms with van der Waals surface area (Å²) in [5.41, 5.74) is 1.19. The number of aromatic nitrogens is 3. The van der Waals surface area contributed by atoms with Crippen molar-refractivity contribution in [3.8, 4) is 5.82 Å². The fraction of sp³-hybridized carbons (Fsp3) is 0.286. The molecule has 0 aliphatic rings. The fourth-order valence-electron chi connectivity index (χ4n) is 2.02. The molecule has 0 aromatic carbocycles. The molecular formula is C14H16BrN3. The van der Waals surface area contributed by atoms with Crippen LogP contribution in [0.4, 0.5) is 0 Å². The van der Waals surface area contributed by atoms with Crippen LogP contribution in [0.5, 0.6) is 0 Å². The molecule has 3 nitrogen and oxygen atoms in total. The van der Waals surface area contributed by atoms with Gasteiger partial charge in [0.15, 0.2) is 5.82 Å². The van der Waals surface area contributed by atoms with Gasteiger partial charge >= 0.3 is 0 Å². The predicted octanol–water partition coefficient (Wildman–Crippen LogP) is 2.33. The minimum absolute atomic E-state index is 0.876. The first-order valence-corrected chi connectivity index (χ1v) is 6.79. The van der Waals surface area contributed by atoms with Crippen LogP contribution in [-0.4, -0.2) is 14.8 Å². The molecule has 0 aliphatic carbocycles. The molecule has 2 heterocycles. The summed E-state index contributed by atoms with van der Waals surface area (Å²) in [6.45, 7) is 6.26. The quantitative estimate of drug-likeness (QED) is 0.852. The molecule has 18 heavy (non-hydrogen) atoms. The second kappa shape index (κ2) is 5.48. The number of nitrogens with zero attached hydrogens (tertiary/aromatic N) is 3. The van der Waals surface area contributed by atoms with E-state index in [2.05, 4.69) is 58.9 Å². The lowest BCUT2D eigenvalue weighted by Gasteiger charge is -2.04. The van der Waals surface area contributed by atoms with Crippen LogP contribution in [0.2, 0.25) is 0 Å². The van der Waals surface area contributed by atoms with E-state index in [1.54, 1.807) is 10.9 Å². The highest BCUT2D eigenvalue weighted by molar-refractivity contribution is 9.10. The molecular weight excluding hydrogens is 290 g/mol. The lowest BCUT2D eigenvalue weighted by molar-refractivity contribution is 0.834. The van der Waals surface area contributed by atoms with Gasteiger partial charge in [-0.3, -0.25) is 0 Å². The van der Waals surface area contributed by atoms with Crippen molar-refractivity contribution in [2.24, 2.45) is 0 Å². The molecule has 4 heteroatoms. The molecule has 0 amide bonds. The van der Waals surface area contributed by atoms with Gasteiger partial charge < -0.3 is 0 Å². The van der Waals surface area contributed by atoms with Crippen LogP contribution < -0.4 is 10.4 Å². The average Bonchev–Trinajstić information content (AvgIpc) is 2.77. The summed E-state index contributed by atoms with van der Waals surface area (Å²) in [4.78, 5) is 4.52. The van der Waals surface area contributed by atoms with Gasteiger partial charge in [-0.25, -0.2) is 9.67 Å². The summed E-state index contributed by atoms with van der Waals surface area (Å²) in [5.74, 6) is 0.876. The molecule has 0 saturated heterocycles. The zero-order valence-electron chi connectivity index (χ0n) is 10.8. The van der Waals surface area contributed by atoms with Crippen molar-refractivity contribution in [1.29, 1.82) is 0 Å². The van der Waals surface area contributed by atoms with Gasteiger partial charge in [0, 0.05) is 17.6 Å². The summed E-state index contributed by atoms with van der Waals surface area (Å²) in [6.07, 6.45) is 10.9. The number of pyridine rings is 1. The standard InChI is InChI=1S/C14H16BrN3/c1-4-6-13-12(5-2)10(3)7-16-14(13)18-9-11(15)8-17-18/h5-9H,4H2,1-3H3/b12-5-,13-6+. The third kappa shape index (κ3) is 2.38. The zero-order chi connectivity index (χ0) is 13.1. The smallest absolute Gasteiger partial charge is 0.160 e. The third-order valence-corrected chi connectivity index (χ3v) is 3.21. The summed E-state index contributed by atoms with van der Waals surface area (Å²) in [5, 5.41) is 6.69. The van der Waals surface area contributed by atoms with E-state index >= 15 is 0 Å². The first-order chi connectivity index (χ1) is 8.67. The number of aryl methyl sites for hydroxylation is 1. The summed E-state index contributed by atoms with van der Waals surface area (Å²) in [7, 11) is 0. The highest BCUT2D eigenvalue weighted by atomic mass is 79.9.